The summed E-state index contributed by atoms with van der Waals surface area (Å²) in [5.74, 6) is -0.497. The molecule has 4 atom stereocenters. The lowest BCUT2D eigenvalue weighted by Crippen LogP contribution is -2.38. The van der Waals surface area contributed by atoms with Gasteiger partial charge in [-0.25, -0.2) is 4.79 Å². The second-order valence-corrected chi connectivity index (χ2v) is 10.1. The number of urea groups is 1. The molecule has 218 valence electrons. The number of carbonyl (C=O) groups is 2. The summed E-state index contributed by atoms with van der Waals surface area (Å²) in [6, 6.07) is 25.2. The fourth-order valence-corrected chi connectivity index (χ4v) is 4.76. The van der Waals surface area contributed by atoms with Crippen molar-refractivity contribution in [2.24, 2.45) is 0 Å². The van der Waals surface area contributed by atoms with Crippen molar-refractivity contribution in [2.45, 2.75) is 51.4 Å². The maximum Gasteiger partial charge on any atom is 0.325 e. The molecule has 0 aromatic heterocycles. The summed E-state index contributed by atoms with van der Waals surface area (Å²) in [4.78, 5) is 25.9. The van der Waals surface area contributed by atoms with Gasteiger partial charge in [0.25, 0.3) is 0 Å². The van der Waals surface area contributed by atoms with Crippen molar-refractivity contribution in [3.05, 3.63) is 101 Å². The molecule has 41 heavy (non-hydrogen) atoms. The van der Waals surface area contributed by atoms with E-state index in [0.717, 1.165) is 16.7 Å². The van der Waals surface area contributed by atoms with Gasteiger partial charge in [0.1, 0.15) is 6.54 Å². The van der Waals surface area contributed by atoms with Crippen LogP contribution in [0.5, 0.6) is 0 Å². The van der Waals surface area contributed by atoms with E-state index < -0.39 is 18.3 Å². The fourth-order valence-electron chi connectivity index (χ4n) is 4.76. The smallest absolute Gasteiger partial charge is 0.325 e. The highest BCUT2D eigenvalue weighted by Gasteiger charge is 2.33. The predicted octanol–water partition coefficient (Wildman–Crippen LogP) is 5.10. The normalized spacial score (nSPS) is 19.4. The summed E-state index contributed by atoms with van der Waals surface area (Å²) in [5, 5.41) is 14.6. The molecule has 2 amide bonds. The third-order valence-electron chi connectivity index (χ3n) is 7.19. The molecule has 9 heteroatoms. The highest BCUT2D eigenvalue weighted by atomic mass is 16.7. The van der Waals surface area contributed by atoms with E-state index in [0.29, 0.717) is 18.7 Å². The number of aliphatic hydroxyl groups is 1. The van der Waals surface area contributed by atoms with Gasteiger partial charge < -0.3 is 30.0 Å². The van der Waals surface area contributed by atoms with E-state index in [1.165, 1.54) is 5.56 Å². The first kappa shape index (κ1) is 30.2. The highest BCUT2D eigenvalue weighted by molar-refractivity contribution is 5.91. The van der Waals surface area contributed by atoms with Gasteiger partial charge >= 0.3 is 12.0 Å². The second kappa shape index (κ2) is 14.7. The van der Waals surface area contributed by atoms with E-state index in [1.54, 1.807) is 19.1 Å². The number of esters is 1. The molecule has 1 fully saturated rings. The third kappa shape index (κ3) is 8.61. The number of amides is 2. The van der Waals surface area contributed by atoms with Crippen molar-refractivity contribution in [3.8, 4) is 0 Å². The number of carbonyl (C=O) groups excluding carboxylic acids is 2. The quantitative estimate of drug-likeness (QED) is 0.280. The Morgan fingerprint density at radius 3 is 2.34 bits per heavy atom. The number of rotatable bonds is 11. The molecule has 4 rings (SSSR count). The number of anilines is 1. The molecule has 0 saturated carbocycles. The lowest BCUT2D eigenvalue weighted by molar-refractivity contribution is -0.253. The molecule has 3 aromatic rings. The molecule has 4 unspecified atom stereocenters. The maximum absolute atomic E-state index is 12.2. The van der Waals surface area contributed by atoms with Gasteiger partial charge in [0.15, 0.2) is 6.29 Å². The average molecular weight is 562 g/mol. The van der Waals surface area contributed by atoms with Crippen LogP contribution < -0.4 is 10.6 Å². The molecule has 3 N–H and O–H groups in total. The Kier molecular flexibility index (Phi) is 10.9. The average Bonchev–Trinajstić information content (AvgIpc) is 3.00. The van der Waals surface area contributed by atoms with Gasteiger partial charge in [-0.2, -0.15) is 0 Å². The van der Waals surface area contributed by atoms with Crippen LogP contribution >= 0.6 is 0 Å². The van der Waals surface area contributed by atoms with Crippen LogP contribution in [-0.4, -0.2) is 54.9 Å². The van der Waals surface area contributed by atoms with E-state index in [9.17, 15) is 14.7 Å². The topological polar surface area (TPSA) is 109 Å². The number of aliphatic hydroxyl groups excluding tert-OH is 1. The Morgan fingerprint density at radius 2 is 1.68 bits per heavy atom. The van der Waals surface area contributed by atoms with Crippen LogP contribution in [0.2, 0.25) is 0 Å². The van der Waals surface area contributed by atoms with E-state index in [4.69, 9.17) is 14.2 Å². The minimum Gasteiger partial charge on any atom is -0.465 e. The summed E-state index contributed by atoms with van der Waals surface area (Å²) < 4.78 is 17.7. The monoisotopic (exact) mass is 561 g/mol. The van der Waals surface area contributed by atoms with Crippen LogP contribution in [0.1, 0.15) is 61.0 Å². The molecule has 1 aliphatic heterocycles. The van der Waals surface area contributed by atoms with Gasteiger partial charge in [-0.3, -0.25) is 9.69 Å². The lowest BCUT2D eigenvalue weighted by atomic mass is 9.99. The molecule has 3 aromatic carbocycles. The molecule has 0 spiro atoms. The molecule has 9 nitrogen and oxygen atoms in total. The van der Waals surface area contributed by atoms with Gasteiger partial charge in [0.05, 0.1) is 25.4 Å². The number of benzene rings is 3. The van der Waals surface area contributed by atoms with E-state index >= 15 is 0 Å². The number of hydrogen-bond donors (Lipinski definition) is 3. The van der Waals surface area contributed by atoms with Gasteiger partial charge in [-0.15, -0.1) is 0 Å². The summed E-state index contributed by atoms with van der Waals surface area (Å²) in [6.45, 7) is 4.64. The van der Waals surface area contributed by atoms with Crippen molar-refractivity contribution in [1.82, 2.24) is 10.2 Å². The van der Waals surface area contributed by atoms with Gasteiger partial charge in [0, 0.05) is 30.3 Å². The predicted molar refractivity (Wildman–Crippen MR) is 156 cm³/mol. The Labute approximate surface area is 241 Å². The van der Waals surface area contributed by atoms with Crippen molar-refractivity contribution in [3.63, 3.8) is 0 Å². The van der Waals surface area contributed by atoms with Gasteiger partial charge in [-0.05, 0) is 49.7 Å². The van der Waals surface area contributed by atoms with Crippen LogP contribution in [0.15, 0.2) is 78.9 Å². The number of nitrogens with zero attached hydrogens (tertiary/aromatic N) is 1. The Hall–Kier alpha value is -3.76. The summed E-state index contributed by atoms with van der Waals surface area (Å²) in [6.07, 6.45) is -0.221. The number of nitrogens with one attached hydrogen (secondary N) is 2. The second-order valence-electron chi connectivity index (χ2n) is 10.1. The zero-order chi connectivity index (χ0) is 29.2. The Bertz CT molecular complexity index is 1250. The van der Waals surface area contributed by atoms with Crippen molar-refractivity contribution in [2.75, 3.05) is 32.1 Å². The summed E-state index contributed by atoms with van der Waals surface area (Å²) in [7, 11) is 2.10. The number of ether oxygens (including phenoxy) is 3. The molecule has 0 bridgehead atoms. The van der Waals surface area contributed by atoms with Gasteiger partial charge in [-0.1, -0.05) is 66.7 Å². The first-order valence-electron chi connectivity index (χ1n) is 13.9. The molecule has 0 radical (unpaired) electrons. The maximum atomic E-state index is 12.2. The zero-order valence-electron chi connectivity index (χ0n) is 23.8. The third-order valence-corrected chi connectivity index (χ3v) is 7.19. The highest BCUT2D eigenvalue weighted by Crippen LogP contribution is 2.38. The first-order chi connectivity index (χ1) is 19.9. The summed E-state index contributed by atoms with van der Waals surface area (Å²) in [5.41, 5.74) is 4.50. The minimum absolute atomic E-state index is 0.0104. The number of hydrogen-bond acceptors (Lipinski definition) is 7. The SMILES string of the molecule is CCOC(=O)CNC(=O)Nc1ccc(C2OC(CN(C)C(C)c3ccccc3)CC(c3ccc(CO)cc3)O2)cc1. The van der Waals surface area contributed by atoms with E-state index in [-0.39, 0.29) is 38.0 Å². The largest absolute Gasteiger partial charge is 0.465 e. The first-order valence-corrected chi connectivity index (χ1v) is 13.9. The van der Waals surface area contributed by atoms with Crippen molar-refractivity contribution >= 4 is 17.7 Å². The fraction of sp³-hybridized carbons (Fsp3) is 0.375. The van der Waals surface area contributed by atoms with Crippen LogP contribution in [0.3, 0.4) is 0 Å². The van der Waals surface area contributed by atoms with Crippen LogP contribution in [0.4, 0.5) is 10.5 Å². The number of likely N-dealkylation sites (N-methyl/N-ethyl adjacent to an activating group) is 1. The Morgan fingerprint density at radius 1 is 1.00 bits per heavy atom. The molecule has 1 aliphatic rings. The molecule has 0 aliphatic carbocycles. The van der Waals surface area contributed by atoms with Crippen molar-refractivity contribution < 1.29 is 28.9 Å². The van der Waals surface area contributed by atoms with E-state index in [1.807, 2.05) is 42.5 Å². The Balaban J connectivity index is 1.45. The molecular formula is C32H39N3O6. The van der Waals surface area contributed by atoms with E-state index in [2.05, 4.69) is 53.8 Å². The van der Waals surface area contributed by atoms with Crippen molar-refractivity contribution in [1.29, 1.82) is 0 Å². The summed E-state index contributed by atoms with van der Waals surface area (Å²) >= 11 is 0. The lowest BCUT2D eigenvalue weighted by Gasteiger charge is -2.39. The van der Waals surface area contributed by atoms with Crippen LogP contribution in [0.25, 0.3) is 0 Å². The molecule has 1 heterocycles. The molecule has 1 saturated heterocycles. The minimum atomic E-state index is -0.608. The molecular weight excluding hydrogens is 522 g/mol. The van der Waals surface area contributed by atoms with Crippen LogP contribution in [0, 0.1) is 0 Å². The van der Waals surface area contributed by atoms with Crippen LogP contribution in [-0.2, 0) is 25.6 Å². The standard InChI is InChI=1S/C32H39N3O6/c1-4-39-30(37)19-33-32(38)34-27-16-14-26(15-17-27)31-40-28(20-35(3)22(2)24-8-6-5-7-9-24)18-29(41-31)25-12-10-23(21-36)11-13-25/h5-17,22,28-29,31,36H,4,18-21H2,1-3H3,(H2,33,34,38). The zero-order valence-corrected chi connectivity index (χ0v) is 23.8. The van der Waals surface area contributed by atoms with Gasteiger partial charge in [0.2, 0.25) is 0 Å².